The first-order valence-electron chi connectivity index (χ1n) is 5.77. The van der Waals surface area contributed by atoms with Crippen LogP contribution in [0.3, 0.4) is 0 Å². The van der Waals surface area contributed by atoms with Crippen LogP contribution in [0, 0.1) is 5.82 Å². The standard InChI is InChI=1S/C13H19BrFNO/c1-16-11(4-3-7-17-2)8-10-5-6-13(15)12(14)9-10/h5-6,9,11,16H,3-4,7-8H2,1-2H3. The number of rotatable bonds is 7. The van der Waals surface area contributed by atoms with Crippen LogP contribution >= 0.6 is 15.9 Å². The van der Waals surface area contributed by atoms with E-state index in [0.717, 1.165) is 31.4 Å². The van der Waals surface area contributed by atoms with Crippen LogP contribution in [0.5, 0.6) is 0 Å². The summed E-state index contributed by atoms with van der Waals surface area (Å²) in [6.45, 7) is 0.783. The smallest absolute Gasteiger partial charge is 0.137 e. The molecule has 0 fully saturated rings. The Morgan fingerprint density at radius 3 is 2.82 bits per heavy atom. The lowest BCUT2D eigenvalue weighted by Crippen LogP contribution is -2.27. The molecule has 0 aliphatic carbocycles. The van der Waals surface area contributed by atoms with E-state index in [2.05, 4.69) is 21.2 Å². The normalized spacial score (nSPS) is 12.7. The quantitative estimate of drug-likeness (QED) is 0.781. The molecule has 0 saturated heterocycles. The third-order valence-corrected chi connectivity index (χ3v) is 3.38. The lowest BCUT2D eigenvalue weighted by molar-refractivity contribution is 0.189. The largest absolute Gasteiger partial charge is 0.385 e. The van der Waals surface area contributed by atoms with Crippen LogP contribution in [0.1, 0.15) is 18.4 Å². The van der Waals surface area contributed by atoms with Crippen LogP contribution < -0.4 is 5.32 Å². The average Bonchev–Trinajstić information content (AvgIpc) is 2.32. The van der Waals surface area contributed by atoms with Crippen LogP contribution in [0.4, 0.5) is 4.39 Å². The molecule has 0 radical (unpaired) electrons. The number of nitrogens with one attached hydrogen (secondary N) is 1. The Kier molecular flexibility index (Phi) is 6.70. The van der Waals surface area contributed by atoms with Crippen molar-refractivity contribution in [3.63, 3.8) is 0 Å². The molecule has 0 aromatic heterocycles. The van der Waals surface area contributed by atoms with Crippen molar-refractivity contribution in [2.24, 2.45) is 0 Å². The van der Waals surface area contributed by atoms with E-state index >= 15 is 0 Å². The summed E-state index contributed by atoms with van der Waals surface area (Å²) in [4.78, 5) is 0. The zero-order valence-electron chi connectivity index (χ0n) is 10.3. The Morgan fingerprint density at radius 2 is 2.24 bits per heavy atom. The van der Waals surface area contributed by atoms with E-state index < -0.39 is 0 Å². The molecular weight excluding hydrogens is 285 g/mol. The van der Waals surface area contributed by atoms with Crippen molar-refractivity contribution in [2.75, 3.05) is 20.8 Å². The van der Waals surface area contributed by atoms with E-state index in [1.807, 2.05) is 19.2 Å². The summed E-state index contributed by atoms with van der Waals surface area (Å²) in [5, 5.41) is 3.28. The van der Waals surface area contributed by atoms with Gasteiger partial charge in [-0.25, -0.2) is 4.39 Å². The number of hydrogen-bond acceptors (Lipinski definition) is 2. The van der Waals surface area contributed by atoms with Gasteiger partial charge in [-0.1, -0.05) is 6.07 Å². The molecule has 1 aromatic carbocycles. The number of benzene rings is 1. The first-order valence-corrected chi connectivity index (χ1v) is 6.56. The van der Waals surface area contributed by atoms with Gasteiger partial charge in [0.15, 0.2) is 0 Å². The van der Waals surface area contributed by atoms with Gasteiger partial charge in [0, 0.05) is 19.8 Å². The maximum atomic E-state index is 13.1. The second-order valence-electron chi connectivity index (χ2n) is 4.07. The molecule has 0 spiro atoms. The highest BCUT2D eigenvalue weighted by Gasteiger charge is 2.08. The topological polar surface area (TPSA) is 21.3 Å². The molecule has 1 rings (SSSR count). The second kappa shape index (κ2) is 7.80. The molecule has 1 atom stereocenters. The number of likely N-dealkylation sites (N-methyl/N-ethyl adjacent to an activating group) is 1. The summed E-state index contributed by atoms with van der Waals surface area (Å²) < 4.78 is 18.7. The maximum absolute atomic E-state index is 13.1. The van der Waals surface area contributed by atoms with Crippen molar-refractivity contribution < 1.29 is 9.13 Å². The first-order chi connectivity index (χ1) is 8.17. The lowest BCUT2D eigenvalue weighted by atomic mass is 10.0. The lowest BCUT2D eigenvalue weighted by Gasteiger charge is -2.16. The van der Waals surface area contributed by atoms with E-state index in [9.17, 15) is 4.39 Å². The molecule has 96 valence electrons. The molecule has 0 bridgehead atoms. The predicted molar refractivity (Wildman–Crippen MR) is 71.8 cm³/mol. The summed E-state index contributed by atoms with van der Waals surface area (Å²) in [6, 6.07) is 5.58. The van der Waals surface area contributed by atoms with Gasteiger partial charge in [0.05, 0.1) is 4.47 Å². The van der Waals surface area contributed by atoms with E-state index in [1.165, 1.54) is 6.07 Å². The van der Waals surface area contributed by atoms with Crippen molar-refractivity contribution in [1.82, 2.24) is 5.32 Å². The van der Waals surface area contributed by atoms with Crippen molar-refractivity contribution in [3.05, 3.63) is 34.1 Å². The van der Waals surface area contributed by atoms with Crippen molar-refractivity contribution >= 4 is 15.9 Å². The van der Waals surface area contributed by atoms with Gasteiger partial charge in [0.25, 0.3) is 0 Å². The van der Waals surface area contributed by atoms with Gasteiger partial charge in [-0.05, 0) is 59.9 Å². The summed E-state index contributed by atoms with van der Waals surface area (Å²) in [5.74, 6) is -0.214. The van der Waals surface area contributed by atoms with Gasteiger partial charge < -0.3 is 10.1 Å². The van der Waals surface area contributed by atoms with Gasteiger partial charge in [-0.2, -0.15) is 0 Å². The predicted octanol–water partition coefficient (Wildman–Crippen LogP) is 3.15. The minimum absolute atomic E-state index is 0.214. The SMILES string of the molecule is CNC(CCCOC)Cc1ccc(F)c(Br)c1. The summed E-state index contributed by atoms with van der Waals surface area (Å²) in [6.07, 6.45) is 2.99. The Labute approximate surface area is 111 Å². The van der Waals surface area contributed by atoms with Gasteiger partial charge >= 0.3 is 0 Å². The van der Waals surface area contributed by atoms with Gasteiger partial charge in [-0.15, -0.1) is 0 Å². The van der Waals surface area contributed by atoms with E-state index in [0.29, 0.717) is 10.5 Å². The fourth-order valence-electron chi connectivity index (χ4n) is 1.77. The molecular formula is C13H19BrFNO. The molecule has 4 heteroatoms. The molecule has 2 nitrogen and oxygen atoms in total. The highest BCUT2D eigenvalue weighted by atomic mass is 79.9. The fourth-order valence-corrected chi connectivity index (χ4v) is 2.20. The molecule has 0 aliphatic heterocycles. The van der Waals surface area contributed by atoms with Crippen LogP contribution in [0.25, 0.3) is 0 Å². The van der Waals surface area contributed by atoms with Crippen LogP contribution in [0.2, 0.25) is 0 Å². The summed E-state index contributed by atoms with van der Waals surface area (Å²) >= 11 is 3.21. The monoisotopic (exact) mass is 303 g/mol. The highest BCUT2D eigenvalue weighted by molar-refractivity contribution is 9.10. The zero-order chi connectivity index (χ0) is 12.7. The van der Waals surface area contributed by atoms with Crippen molar-refractivity contribution in [3.8, 4) is 0 Å². The zero-order valence-corrected chi connectivity index (χ0v) is 11.9. The molecule has 1 N–H and O–H groups in total. The second-order valence-corrected chi connectivity index (χ2v) is 4.93. The Bertz CT molecular complexity index is 346. The minimum atomic E-state index is -0.214. The maximum Gasteiger partial charge on any atom is 0.137 e. The third kappa shape index (κ3) is 5.15. The summed E-state index contributed by atoms with van der Waals surface area (Å²) in [7, 11) is 3.67. The van der Waals surface area contributed by atoms with E-state index in [-0.39, 0.29) is 5.82 Å². The van der Waals surface area contributed by atoms with E-state index in [1.54, 1.807) is 7.11 Å². The average molecular weight is 304 g/mol. The van der Waals surface area contributed by atoms with Gasteiger partial charge in [0.1, 0.15) is 5.82 Å². The Morgan fingerprint density at radius 1 is 1.47 bits per heavy atom. The third-order valence-electron chi connectivity index (χ3n) is 2.78. The Hall–Kier alpha value is -0.450. The van der Waals surface area contributed by atoms with Crippen LogP contribution in [-0.4, -0.2) is 26.8 Å². The molecule has 17 heavy (non-hydrogen) atoms. The number of halogens is 2. The van der Waals surface area contributed by atoms with Gasteiger partial charge in [0.2, 0.25) is 0 Å². The molecule has 1 unspecified atom stereocenters. The molecule has 0 aliphatic rings. The van der Waals surface area contributed by atoms with Gasteiger partial charge in [-0.3, -0.25) is 0 Å². The summed E-state index contributed by atoms with van der Waals surface area (Å²) in [5.41, 5.74) is 1.13. The molecule has 0 heterocycles. The number of methoxy groups -OCH3 is 1. The van der Waals surface area contributed by atoms with E-state index in [4.69, 9.17) is 4.74 Å². The number of hydrogen-bond donors (Lipinski definition) is 1. The minimum Gasteiger partial charge on any atom is -0.385 e. The molecule has 1 aromatic rings. The highest BCUT2D eigenvalue weighted by Crippen LogP contribution is 2.18. The number of ether oxygens (including phenoxy) is 1. The molecule has 0 amide bonds. The van der Waals surface area contributed by atoms with Crippen molar-refractivity contribution in [1.29, 1.82) is 0 Å². The first kappa shape index (κ1) is 14.6. The molecule has 0 saturated carbocycles. The van der Waals surface area contributed by atoms with Crippen molar-refractivity contribution in [2.45, 2.75) is 25.3 Å². The van der Waals surface area contributed by atoms with Crippen LogP contribution in [0.15, 0.2) is 22.7 Å². The fraction of sp³-hybridized carbons (Fsp3) is 0.538. The Balaban J connectivity index is 2.51. The van der Waals surface area contributed by atoms with Crippen LogP contribution in [-0.2, 0) is 11.2 Å².